The van der Waals surface area contributed by atoms with E-state index < -0.39 is 0 Å². The Bertz CT molecular complexity index is 232. The molecule has 4 heteroatoms. The molecule has 0 aliphatic carbocycles. The molecule has 2 aliphatic heterocycles. The summed E-state index contributed by atoms with van der Waals surface area (Å²) >= 11 is 0. The third kappa shape index (κ3) is 0.845. The molecule has 0 aromatic heterocycles. The summed E-state index contributed by atoms with van der Waals surface area (Å²) < 4.78 is 0. The summed E-state index contributed by atoms with van der Waals surface area (Å²) in [6.45, 7) is 0.719. The lowest BCUT2D eigenvalue weighted by atomic mass is 10.0. The van der Waals surface area contributed by atoms with Crippen LogP contribution < -0.4 is 5.32 Å². The fourth-order valence-electron chi connectivity index (χ4n) is 1.70. The quantitative estimate of drug-likeness (QED) is 0.532. The van der Waals surface area contributed by atoms with Crippen LogP contribution in [0.5, 0.6) is 0 Å². The van der Waals surface area contributed by atoms with E-state index in [1.165, 1.54) is 0 Å². The van der Waals surface area contributed by atoms with Crippen molar-refractivity contribution in [1.29, 1.82) is 5.26 Å². The minimum absolute atomic E-state index is 0.0703. The number of rotatable bonds is 0. The number of hydrogen-bond donors (Lipinski definition) is 1. The molecule has 0 radical (unpaired) electrons. The lowest BCUT2D eigenvalue weighted by Crippen LogP contribution is -2.38. The Kier molecular flexibility index (Phi) is 1.25. The van der Waals surface area contributed by atoms with Crippen LogP contribution in [-0.4, -0.2) is 29.6 Å². The zero-order chi connectivity index (χ0) is 7.84. The summed E-state index contributed by atoms with van der Waals surface area (Å²) in [4.78, 5) is 12.7. The molecular weight excluding hydrogens is 142 g/mol. The van der Waals surface area contributed by atoms with Gasteiger partial charge in [0, 0.05) is 12.6 Å². The Morgan fingerprint density at radius 2 is 2.45 bits per heavy atom. The van der Waals surface area contributed by atoms with Crippen molar-refractivity contribution in [3.05, 3.63) is 0 Å². The average Bonchev–Trinajstić information content (AvgIpc) is 2.30. The molecule has 2 saturated heterocycles. The minimum atomic E-state index is -0.186. The van der Waals surface area contributed by atoms with E-state index in [1.807, 2.05) is 0 Å². The first-order valence-electron chi connectivity index (χ1n) is 3.78. The van der Waals surface area contributed by atoms with E-state index in [2.05, 4.69) is 11.4 Å². The Morgan fingerprint density at radius 3 is 3.18 bits per heavy atom. The largest absolute Gasteiger partial charge is 0.333 e. The molecule has 58 valence electrons. The third-order valence-corrected chi connectivity index (χ3v) is 2.32. The van der Waals surface area contributed by atoms with Crippen molar-refractivity contribution in [2.45, 2.75) is 24.9 Å². The van der Waals surface area contributed by atoms with Gasteiger partial charge in [-0.2, -0.15) is 5.26 Å². The molecule has 2 heterocycles. The van der Waals surface area contributed by atoms with Gasteiger partial charge in [0.05, 0.1) is 6.07 Å². The number of nitriles is 1. The molecule has 2 fully saturated rings. The highest BCUT2D eigenvalue weighted by molar-refractivity contribution is 5.78. The normalized spacial score (nSPS) is 34.8. The Morgan fingerprint density at radius 1 is 1.64 bits per heavy atom. The predicted octanol–water partition coefficient (Wildman–Crippen LogP) is 0.0662. The SMILES string of the molecule is N#C[C@@H]1CC[C@@H]2CN1C(=O)N2. The molecule has 4 nitrogen and oxygen atoms in total. The second kappa shape index (κ2) is 2.12. The van der Waals surface area contributed by atoms with Gasteiger partial charge in [-0.25, -0.2) is 4.79 Å². The molecule has 0 spiro atoms. The summed E-state index contributed by atoms with van der Waals surface area (Å²) in [6.07, 6.45) is 1.76. The molecule has 2 atom stereocenters. The molecule has 2 aliphatic rings. The summed E-state index contributed by atoms with van der Waals surface area (Å²) in [5, 5.41) is 11.5. The number of piperidine rings is 1. The van der Waals surface area contributed by atoms with E-state index in [0.29, 0.717) is 6.04 Å². The maximum absolute atomic E-state index is 11.1. The first kappa shape index (κ1) is 6.47. The van der Waals surface area contributed by atoms with Crippen molar-refractivity contribution in [3.63, 3.8) is 0 Å². The highest BCUT2D eigenvalue weighted by Gasteiger charge is 2.38. The second-order valence-electron chi connectivity index (χ2n) is 3.02. The van der Waals surface area contributed by atoms with Crippen LogP contribution in [0, 0.1) is 11.3 Å². The van der Waals surface area contributed by atoms with Gasteiger partial charge in [0.25, 0.3) is 0 Å². The summed E-state index contributed by atoms with van der Waals surface area (Å²) in [6, 6.07) is 2.17. The van der Waals surface area contributed by atoms with Crippen LogP contribution in [0.15, 0.2) is 0 Å². The van der Waals surface area contributed by atoms with Gasteiger partial charge in [-0.3, -0.25) is 0 Å². The van der Waals surface area contributed by atoms with Crippen molar-refractivity contribution in [2.24, 2.45) is 0 Å². The maximum Gasteiger partial charge on any atom is 0.318 e. The highest BCUT2D eigenvalue weighted by atomic mass is 16.2. The fourth-order valence-corrected chi connectivity index (χ4v) is 1.70. The molecule has 0 aromatic carbocycles. The van der Waals surface area contributed by atoms with Crippen LogP contribution in [0.25, 0.3) is 0 Å². The molecular formula is C7H9N3O. The molecule has 11 heavy (non-hydrogen) atoms. The number of carbonyl (C=O) groups excluding carboxylic acids is 1. The standard InChI is InChI=1S/C7H9N3O/c8-3-6-2-1-5-4-10(6)7(11)9-5/h5-6H,1-2,4H2,(H,9,11)/t5-,6+/m1/s1. The zero-order valence-corrected chi connectivity index (χ0v) is 6.08. The predicted molar refractivity (Wildman–Crippen MR) is 37.7 cm³/mol. The second-order valence-corrected chi connectivity index (χ2v) is 3.02. The van der Waals surface area contributed by atoms with E-state index in [1.54, 1.807) is 4.90 Å². The van der Waals surface area contributed by atoms with Crippen molar-refractivity contribution in [1.82, 2.24) is 10.2 Å². The van der Waals surface area contributed by atoms with Crippen molar-refractivity contribution >= 4 is 6.03 Å². The number of hydrogen-bond acceptors (Lipinski definition) is 2. The summed E-state index contributed by atoms with van der Waals surface area (Å²) in [5.74, 6) is 0. The van der Waals surface area contributed by atoms with Gasteiger partial charge in [-0.1, -0.05) is 0 Å². The Balaban J connectivity index is 2.20. The smallest absolute Gasteiger partial charge is 0.318 e. The molecule has 2 rings (SSSR count). The number of amides is 2. The Labute approximate surface area is 64.8 Å². The number of urea groups is 1. The van der Waals surface area contributed by atoms with Gasteiger partial charge in [-0.15, -0.1) is 0 Å². The number of carbonyl (C=O) groups is 1. The number of nitrogens with one attached hydrogen (secondary N) is 1. The molecule has 0 aromatic rings. The maximum atomic E-state index is 11.1. The van der Waals surface area contributed by atoms with Gasteiger partial charge in [0.2, 0.25) is 0 Å². The first-order chi connectivity index (χ1) is 5.31. The summed E-state index contributed by atoms with van der Waals surface area (Å²) in [7, 11) is 0. The molecule has 2 bridgehead atoms. The lowest BCUT2D eigenvalue weighted by Gasteiger charge is -2.24. The van der Waals surface area contributed by atoms with Crippen molar-refractivity contribution in [3.8, 4) is 6.07 Å². The molecule has 0 saturated carbocycles. The highest BCUT2D eigenvalue weighted by Crippen LogP contribution is 2.21. The molecule has 1 N–H and O–H groups in total. The van der Waals surface area contributed by atoms with Gasteiger partial charge >= 0.3 is 6.03 Å². The topological polar surface area (TPSA) is 56.1 Å². The van der Waals surface area contributed by atoms with Crippen molar-refractivity contribution in [2.75, 3.05) is 6.54 Å². The Hall–Kier alpha value is -1.24. The van der Waals surface area contributed by atoms with E-state index >= 15 is 0 Å². The third-order valence-electron chi connectivity index (χ3n) is 2.32. The van der Waals surface area contributed by atoms with Gasteiger partial charge < -0.3 is 10.2 Å². The van der Waals surface area contributed by atoms with Crippen LogP contribution in [-0.2, 0) is 0 Å². The van der Waals surface area contributed by atoms with Gasteiger partial charge in [-0.05, 0) is 12.8 Å². The summed E-state index contributed by atoms with van der Waals surface area (Å²) in [5.41, 5.74) is 0. The average molecular weight is 151 g/mol. The van der Waals surface area contributed by atoms with E-state index in [-0.39, 0.29) is 12.1 Å². The van der Waals surface area contributed by atoms with E-state index in [4.69, 9.17) is 5.26 Å². The fraction of sp³-hybridized carbons (Fsp3) is 0.714. The van der Waals surface area contributed by atoms with Crippen LogP contribution in [0.3, 0.4) is 0 Å². The zero-order valence-electron chi connectivity index (χ0n) is 6.08. The lowest BCUT2D eigenvalue weighted by molar-refractivity contribution is 0.201. The van der Waals surface area contributed by atoms with E-state index in [9.17, 15) is 4.79 Å². The van der Waals surface area contributed by atoms with Gasteiger partial charge in [0.15, 0.2) is 0 Å². The van der Waals surface area contributed by atoms with E-state index in [0.717, 1.165) is 19.4 Å². The monoisotopic (exact) mass is 151 g/mol. The van der Waals surface area contributed by atoms with Crippen LogP contribution in [0.1, 0.15) is 12.8 Å². The minimum Gasteiger partial charge on any atom is -0.333 e. The van der Waals surface area contributed by atoms with Crippen LogP contribution in [0.2, 0.25) is 0 Å². The van der Waals surface area contributed by atoms with Crippen LogP contribution in [0.4, 0.5) is 4.79 Å². The number of nitrogens with zero attached hydrogens (tertiary/aromatic N) is 2. The van der Waals surface area contributed by atoms with Crippen molar-refractivity contribution < 1.29 is 4.79 Å². The molecule has 2 amide bonds. The molecule has 0 unspecified atom stereocenters. The van der Waals surface area contributed by atoms with Crippen LogP contribution >= 0.6 is 0 Å². The first-order valence-corrected chi connectivity index (χ1v) is 3.78. The van der Waals surface area contributed by atoms with Gasteiger partial charge in [0.1, 0.15) is 6.04 Å². The number of fused-ring (bicyclic) bond motifs is 2.